The topological polar surface area (TPSA) is 74.7 Å². The zero-order valence-corrected chi connectivity index (χ0v) is 14.0. The molecule has 1 heterocycles. The molecule has 0 saturated heterocycles. The lowest BCUT2D eigenvalue weighted by Gasteiger charge is -2.11. The van der Waals surface area contributed by atoms with Crippen molar-refractivity contribution in [2.45, 2.75) is 13.0 Å². The summed E-state index contributed by atoms with van der Waals surface area (Å²) in [6.45, 7) is 2.27. The molecule has 24 heavy (non-hydrogen) atoms. The van der Waals surface area contributed by atoms with Crippen molar-refractivity contribution in [1.82, 2.24) is 9.88 Å². The smallest absolute Gasteiger partial charge is 0.354 e. The van der Waals surface area contributed by atoms with Gasteiger partial charge in [0.1, 0.15) is 11.6 Å². The van der Waals surface area contributed by atoms with Crippen LogP contribution >= 0.6 is 0 Å². The number of carboxylic acids is 1. The van der Waals surface area contributed by atoms with Crippen LogP contribution in [0.25, 0.3) is 0 Å². The quantitative estimate of drug-likeness (QED) is 0.689. The standard InChI is InChI=1S/C18H23N3O3/c1-21(2)11-4-12-24-15-9-7-14(8-10-15)13-19-17-6-3-5-16(20-17)18(22)23/h3,5-10H,4,11-13H2,1-2H3,(H,19,20)(H,22,23). The Hall–Kier alpha value is -2.60. The second-order valence-corrected chi connectivity index (χ2v) is 5.72. The Morgan fingerprint density at radius 2 is 1.96 bits per heavy atom. The SMILES string of the molecule is CN(C)CCCOc1ccc(CNc2cccc(C(=O)O)n2)cc1. The Morgan fingerprint density at radius 3 is 2.62 bits per heavy atom. The molecule has 0 atom stereocenters. The third-order valence-electron chi connectivity index (χ3n) is 3.38. The van der Waals surface area contributed by atoms with Crippen molar-refractivity contribution in [3.05, 3.63) is 53.7 Å². The van der Waals surface area contributed by atoms with E-state index in [0.717, 1.165) is 24.3 Å². The van der Waals surface area contributed by atoms with Gasteiger partial charge in [-0.1, -0.05) is 18.2 Å². The maximum atomic E-state index is 10.9. The van der Waals surface area contributed by atoms with Gasteiger partial charge in [-0.3, -0.25) is 0 Å². The van der Waals surface area contributed by atoms with Crippen molar-refractivity contribution < 1.29 is 14.6 Å². The summed E-state index contributed by atoms with van der Waals surface area (Å²) in [6, 6.07) is 12.7. The average molecular weight is 329 g/mol. The average Bonchev–Trinajstić information content (AvgIpc) is 2.58. The molecule has 2 rings (SSSR count). The Morgan fingerprint density at radius 1 is 1.21 bits per heavy atom. The molecule has 6 nitrogen and oxygen atoms in total. The number of nitrogens with one attached hydrogen (secondary N) is 1. The highest BCUT2D eigenvalue weighted by atomic mass is 16.5. The van der Waals surface area contributed by atoms with Gasteiger partial charge in [0, 0.05) is 13.1 Å². The fourth-order valence-electron chi connectivity index (χ4n) is 2.12. The number of benzene rings is 1. The molecule has 0 unspecified atom stereocenters. The van der Waals surface area contributed by atoms with Crippen LogP contribution in [0, 0.1) is 0 Å². The monoisotopic (exact) mass is 329 g/mol. The summed E-state index contributed by atoms with van der Waals surface area (Å²) >= 11 is 0. The van der Waals surface area contributed by atoms with Gasteiger partial charge in [0.25, 0.3) is 0 Å². The molecule has 1 aromatic heterocycles. The van der Waals surface area contributed by atoms with E-state index in [0.29, 0.717) is 19.0 Å². The highest BCUT2D eigenvalue weighted by molar-refractivity contribution is 5.85. The van der Waals surface area contributed by atoms with Crippen LogP contribution in [0.5, 0.6) is 5.75 Å². The summed E-state index contributed by atoms with van der Waals surface area (Å²) in [7, 11) is 4.09. The number of aromatic nitrogens is 1. The fraction of sp³-hybridized carbons (Fsp3) is 0.333. The van der Waals surface area contributed by atoms with Gasteiger partial charge in [-0.05, 0) is 50.3 Å². The highest BCUT2D eigenvalue weighted by Gasteiger charge is 2.04. The van der Waals surface area contributed by atoms with Gasteiger partial charge < -0.3 is 20.1 Å². The minimum Gasteiger partial charge on any atom is -0.494 e. The molecule has 0 aliphatic carbocycles. The molecule has 0 amide bonds. The van der Waals surface area contributed by atoms with E-state index < -0.39 is 5.97 Å². The van der Waals surface area contributed by atoms with E-state index in [1.165, 1.54) is 6.07 Å². The van der Waals surface area contributed by atoms with Gasteiger partial charge >= 0.3 is 5.97 Å². The first-order chi connectivity index (χ1) is 11.5. The third-order valence-corrected chi connectivity index (χ3v) is 3.38. The Labute approximate surface area is 142 Å². The number of carboxylic acid groups (broad SMARTS) is 1. The van der Waals surface area contributed by atoms with E-state index in [1.807, 2.05) is 38.4 Å². The first kappa shape index (κ1) is 17.7. The van der Waals surface area contributed by atoms with E-state index in [2.05, 4.69) is 15.2 Å². The van der Waals surface area contributed by atoms with Crippen LogP contribution in [0.1, 0.15) is 22.5 Å². The molecule has 0 aliphatic heterocycles. The largest absolute Gasteiger partial charge is 0.494 e. The first-order valence-electron chi connectivity index (χ1n) is 7.85. The molecule has 0 aliphatic rings. The molecule has 2 aromatic rings. The van der Waals surface area contributed by atoms with Gasteiger partial charge in [-0.15, -0.1) is 0 Å². The molecule has 6 heteroatoms. The summed E-state index contributed by atoms with van der Waals surface area (Å²) < 4.78 is 5.69. The summed E-state index contributed by atoms with van der Waals surface area (Å²) in [4.78, 5) is 17.1. The molecule has 0 fully saturated rings. The minimum atomic E-state index is -1.03. The molecular formula is C18H23N3O3. The Bertz CT molecular complexity index is 657. The van der Waals surface area contributed by atoms with Crippen molar-refractivity contribution in [2.24, 2.45) is 0 Å². The van der Waals surface area contributed by atoms with Crippen LogP contribution in [0.3, 0.4) is 0 Å². The van der Waals surface area contributed by atoms with Gasteiger partial charge in [-0.2, -0.15) is 0 Å². The maximum absolute atomic E-state index is 10.9. The summed E-state index contributed by atoms with van der Waals surface area (Å²) in [5.74, 6) is 0.358. The van der Waals surface area contributed by atoms with Crippen LogP contribution < -0.4 is 10.1 Å². The first-order valence-corrected chi connectivity index (χ1v) is 7.85. The van der Waals surface area contributed by atoms with E-state index in [9.17, 15) is 4.79 Å². The van der Waals surface area contributed by atoms with Crippen LogP contribution in [0.15, 0.2) is 42.5 Å². The van der Waals surface area contributed by atoms with Crippen LogP contribution in [-0.2, 0) is 6.54 Å². The number of ether oxygens (including phenoxy) is 1. The molecule has 0 radical (unpaired) electrons. The molecule has 1 aromatic carbocycles. The van der Waals surface area contributed by atoms with Gasteiger partial charge in [0.05, 0.1) is 6.61 Å². The van der Waals surface area contributed by atoms with Crippen LogP contribution in [0.2, 0.25) is 0 Å². The van der Waals surface area contributed by atoms with Gasteiger partial charge in [0.2, 0.25) is 0 Å². The van der Waals surface area contributed by atoms with Crippen LogP contribution in [0.4, 0.5) is 5.82 Å². The molecule has 0 bridgehead atoms. The number of nitrogens with zero attached hydrogens (tertiary/aromatic N) is 2. The molecule has 0 saturated carbocycles. The van der Waals surface area contributed by atoms with Gasteiger partial charge in [0.15, 0.2) is 5.69 Å². The number of aromatic carboxylic acids is 1. The van der Waals surface area contributed by atoms with Crippen molar-refractivity contribution in [3.8, 4) is 5.75 Å². The molecular weight excluding hydrogens is 306 g/mol. The maximum Gasteiger partial charge on any atom is 0.354 e. The number of rotatable bonds is 9. The third kappa shape index (κ3) is 5.89. The predicted octanol–water partition coefficient (Wildman–Crippen LogP) is 2.72. The van der Waals surface area contributed by atoms with E-state index in [-0.39, 0.29) is 5.69 Å². The normalized spacial score (nSPS) is 10.6. The summed E-state index contributed by atoms with van der Waals surface area (Å²) in [5.41, 5.74) is 1.10. The second kappa shape index (κ2) is 8.88. The lowest BCUT2D eigenvalue weighted by atomic mass is 10.2. The number of hydrogen-bond donors (Lipinski definition) is 2. The van der Waals surface area contributed by atoms with E-state index in [1.54, 1.807) is 12.1 Å². The Balaban J connectivity index is 1.81. The fourth-order valence-corrected chi connectivity index (χ4v) is 2.12. The lowest BCUT2D eigenvalue weighted by Crippen LogP contribution is -2.15. The number of hydrogen-bond acceptors (Lipinski definition) is 5. The van der Waals surface area contributed by atoms with Crippen LogP contribution in [-0.4, -0.2) is 48.2 Å². The number of pyridine rings is 1. The lowest BCUT2D eigenvalue weighted by molar-refractivity contribution is 0.0690. The van der Waals surface area contributed by atoms with Crippen molar-refractivity contribution in [2.75, 3.05) is 32.6 Å². The van der Waals surface area contributed by atoms with E-state index in [4.69, 9.17) is 9.84 Å². The van der Waals surface area contributed by atoms with Crippen molar-refractivity contribution in [1.29, 1.82) is 0 Å². The molecule has 2 N–H and O–H groups in total. The van der Waals surface area contributed by atoms with E-state index >= 15 is 0 Å². The Kier molecular flexibility index (Phi) is 6.57. The summed E-state index contributed by atoms with van der Waals surface area (Å²) in [6.07, 6.45) is 0.988. The number of anilines is 1. The zero-order valence-electron chi connectivity index (χ0n) is 14.0. The summed E-state index contributed by atoms with van der Waals surface area (Å²) in [5, 5.41) is 12.1. The zero-order chi connectivity index (χ0) is 17.4. The molecule has 128 valence electrons. The van der Waals surface area contributed by atoms with Crippen molar-refractivity contribution >= 4 is 11.8 Å². The van der Waals surface area contributed by atoms with Gasteiger partial charge in [-0.25, -0.2) is 9.78 Å². The van der Waals surface area contributed by atoms with Crippen molar-refractivity contribution in [3.63, 3.8) is 0 Å². The second-order valence-electron chi connectivity index (χ2n) is 5.72. The highest BCUT2D eigenvalue weighted by Crippen LogP contribution is 2.14. The molecule has 0 spiro atoms. The predicted molar refractivity (Wildman–Crippen MR) is 93.6 cm³/mol. The minimum absolute atomic E-state index is 0.0291. The number of carbonyl (C=O) groups is 1.